The van der Waals surface area contributed by atoms with Gasteiger partial charge in [-0.25, -0.2) is 0 Å². The summed E-state index contributed by atoms with van der Waals surface area (Å²) in [6, 6.07) is 4.57. The molecule has 0 aromatic carbocycles. The molecule has 0 radical (unpaired) electrons. The van der Waals surface area contributed by atoms with Crippen LogP contribution in [0.1, 0.15) is 54.0 Å². The molecule has 2 heterocycles. The van der Waals surface area contributed by atoms with Crippen molar-refractivity contribution in [1.29, 1.82) is 0 Å². The lowest BCUT2D eigenvalue weighted by molar-refractivity contribution is 0.0819. The predicted octanol–water partition coefficient (Wildman–Crippen LogP) is 2.72. The Balaban J connectivity index is 1.63. The highest BCUT2D eigenvalue weighted by Crippen LogP contribution is 2.26. The summed E-state index contributed by atoms with van der Waals surface area (Å²) >= 11 is 0. The minimum atomic E-state index is 0.0112. The Kier molecular flexibility index (Phi) is 6.83. The monoisotopic (exact) mass is 383 g/mol. The SMILES string of the molecule is CC(C)Cn1nc(C(=O)N(C)C)c2c1CC[C@H](NCCCc1ccncc1)C2. The number of aryl methyl sites for hydroxylation is 1. The topological polar surface area (TPSA) is 63.1 Å². The molecule has 0 saturated heterocycles. The lowest BCUT2D eigenvalue weighted by atomic mass is 9.91. The van der Waals surface area contributed by atoms with E-state index in [-0.39, 0.29) is 5.91 Å². The molecule has 1 aliphatic rings. The van der Waals surface area contributed by atoms with Gasteiger partial charge < -0.3 is 10.2 Å². The average Bonchev–Trinajstić information content (AvgIpc) is 3.02. The summed E-state index contributed by atoms with van der Waals surface area (Å²) in [5.41, 5.74) is 4.38. The van der Waals surface area contributed by atoms with Crippen LogP contribution < -0.4 is 5.32 Å². The van der Waals surface area contributed by atoms with E-state index in [1.807, 2.05) is 12.4 Å². The second kappa shape index (κ2) is 9.32. The van der Waals surface area contributed by atoms with Crippen molar-refractivity contribution in [3.05, 3.63) is 47.0 Å². The fourth-order valence-corrected chi connectivity index (χ4v) is 3.89. The molecule has 0 fully saturated rings. The molecule has 0 unspecified atom stereocenters. The van der Waals surface area contributed by atoms with Gasteiger partial charge in [0.05, 0.1) is 0 Å². The zero-order valence-corrected chi connectivity index (χ0v) is 17.6. The van der Waals surface area contributed by atoms with Crippen molar-refractivity contribution in [3.8, 4) is 0 Å². The van der Waals surface area contributed by atoms with Crippen molar-refractivity contribution in [2.75, 3.05) is 20.6 Å². The summed E-state index contributed by atoms with van der Waals surface area (Å²) in [5.74, 6) is 0.521. The van der Waals surface area contributed by atoms with Gasteiger partial charge >= 0.3 is 0 Å². The number of carbonyl (C=O) groups excluding carboxylic acids is 1. The number of nitrogens with one attached hydrogen (secondary N) is 1. The summed E-state index contributed by atoms with van der Waals surface area (Å²) in [5, 5.41) is 8.42. The van der Waals surface area contributed by atoms with E-state index in [9.17, 15) is 4.79 Å². The largest absolute Gasteiger partial charge is 0.343 e. The fourth-order valence-electron chi connectivity index (χ4n) is 3.89. The third kappa shape index (κ3) is 4.98. The lowest BCUT2D eigenvalue weighted by Gasteiger charge is -2.25. The molecule has 0 spiro atoms. The Bertz CT molecular complexity index is 782. The Morgan fingerprint density at radius 2 is 2.07 bits per heavy atom. The van der Waals surface area contributed by atoms with Crippen LogP contribution in [0.25, 0.3) is 0 Å². The maximum Gasteiger partial charge on any atom is 0.274 e. The van der Waals surface area contributed by atoms with E-state index < -0.39 is 0 Å². The molecule has 1 N–H and O–H groups in total. The summed E-state index contributed by atoms with van der Waals surface area (Å²) in [6.45, 7) is 6.24. The normalized spacial score (nSPS) is 16.2. The van der Waals surface area contributed by atoms with Gasteiger partial charge in [-0.2, -0.15) is 5.10 Å². The number of nitrogens with zero attached hydrogens (tertiary/aromatic N) is 4. The zero-order valence-electron chi connectivity index (χ0n) is 17.6. The van der Waals surface area contributed by atoms with Crippen LogP contribution in [-0.4, -0.2) is 52.3 Å². The quantitative estimate of drug-likeness (QED) is 0.712. The van der Waals surface area contributed by atoms with Crippen LogP contribution in [0.15, 0.2) is 24.5 Å². The molecule has 1 aliphatic carbocycles. The number of hydrogen-bond acceptors (Lipinski definition) is 4. The summed E-state index contributed by atoms with van der Waals surface area (Å²) in [6.07, 6.45) is 8.83. The highest BCUT2D eigenvalue weighted by molar-refractivity contribution is 5.93. The molecule has 0 aliphatic heterocycles. The standard InChI is InChI=1S/C22H33N5O/c1-16(2)15-27-20-8-7-18(14-19(20)21(25-27)22(28)26(3)4)24-11-5-6-17-9-12-23-13-10-17/h9-10,12-13,16,18,24H,5-8,11,14-15H2,1-4H3/t18-/m0/s1. The summed E-state index contributed by atoms with van der Waals surface area (Å²) < 4.78 is 2.08. The van der Waals surface area contributed by atoms with Gasteiger partial charge in [0.1, 0.15) is 0 Å². The minimum absolute atomic E-state index is 0.0112. The highest BCUT2D eigenvalue weighted by atomic mass is 16.2. The number of hydrogen-bond donors (Lipinski definition) is 1. The molecule has 2 aromatic rings. The molecular weight excluding hydrogens is 350 g/mol. The van der Waals surface area contributed by atoms with Crippen LogP contribution in [0.5, 0.6) is 0 Å². The number of fused-ring (bicyclic) bond motifs is 1. The molecule has 0 saturated carbocycles. The van der Waals surface area contributed by atoms with E-state index in [1.54, 1.807) is 19.0 Å². The van der Waals surface area contributed by atoms with Gasteiger partial charge in [-0.05, 0) is 62.3 Å². The van der Waals surface area contributed by atoms with Crippen LogP contribution in [0.4, 0.5) is 0 Å². The number of rotatable bonds is 8. The van der Waals surface area contributed by atoms with Gasteiger partial charge in [-0.1, -0.05) is 13.8 Å². The van der Waals surface area contributed by atoms with Crippen molar-refractivity contribution >= 4 is 5.91 Å². The molecule has 6 nitrogen and oxygen atoms in total. The molecule has 152 valence electrons. The number of amides is 1. The second-order valence-corrected chi connectivity index (χ2v) is 8.40. The van der Waals surface area contributed by atoms with Gasteiger partial charge in [0.2, 0.25) is 0 Å². The van der Waals surface area contributed by atoms with Crippen LogP contribution >= 0.6 is 0 Å². The fraction of sp³-hybridized carbons (Fsp3) is 0.591. The first-order valence-electron chi connectivity index (χ1n) is 10.4. The Morgan fingerprint density at radius 3 is 2.75 bits per heavy atom. The minimum Gasteiger partial charge on any atom is -0.343 e. The van der Waals surface area contributed by atoms with Gasteiger partial charge in [-0.3, -0.25) is 14.5 Å². The predicted molar refractivity (Wildman–Crippen MR) is 111 cm³/mol. The third-order valence-electron chi connectivity index (χ3n) is 5.32. The first kappa shape index (κ1) is 20.5. The van der Waals surface area contributed by atoms with Crippen molar-refractivity contribution in [2.24, 2.45) is 5.92 Å². The molecular formula is C22H33N5O. The van der Waals surface area contributed by atoms with E-state index in [2.05, 4.69) is 41.0 Å². The van der Waals surface area contributed by atoms with Gasteiger partial charge in [0.25, 0.3) is 5.91 Å². The molecule has 2 aromatic heterocycles. The Labute approximate surface area is 168 Å². The van der Waals surface area contributed by atoms with Crippen LogP contribution in [-0.2, 0) is 25.8 Å². The summed E-state index contributed by atoms with van der Waals surface area (Å²) in [4.78, 5) is 18.4. The van der Waals surface area contributed by atoms with Crippen molar-refractivity contribution in [1.82, 2.24) is 25.0 Å². The van der Waals surface area contributed by atoms with Gasteiger partial charge in [0, 0.05) is 50.3 Å². The molecule has 3 rings (SSSR count). The zero-order chi connectivity index (χ0) is 20.1. The Hall–Kier alpha value is -2.21. The van der Waals surface area contributed by atoms with E-state index in [0.29, 0.717) is 17.7 Å². The van der Waals surface area contributed by atoms with Crippen molar-refractivity contribution in [3.63, 3.8) is 0 Å². The molecule has 28 heavy (non-hydrogen) atoms. The molecule has 1 atom stereocenters. The molecule has 0 bridgehead atoms. The van der Waals surface area contributed by atoms with Gasteiger partial charge in [-0.15, -0.1) is 0 Å². The first-order valence-corrected chi connectivity index (χ1v) is 10.4. The van der Waals surface area contributed by atoms with E-state index in [0.717, 1.165) is 50.8 Å². The van der Waals surface area contributed by atoms with Crippen LogP contribution in [0.2, 0.25) is 0 Å². The van der Waals surface area contributed by atoms with Crippen LogP contribution in [0.3, 0.4) is 0 Å². The number of carbonyl (C=O) groups is 1. The molecule has 1 amide bonds. The number of pyridine rings is 1. The Morgan fingerprint density at radius 1 is 1.32 bits per heavy atom. The smallest absolute Gasteiger partial charge is 0.274 e. The highest BCUT2D eigenvalue weighted by Gasteiger charge is 2.29. The van der Waals surface area contributed by atoms with E-state index in [4.69, 9.17) is 5.10 Å². The maximum absolute atomic E-state index is 12.7. The lowest BCUT2D eigenvalue weighted by Crippen LogP contribution is -2.36. The third-order valence-corrected chi connectivity index (χ3v) is 5.32. The number of aromatic nitrogens is 3. The van der Waals surface area contributed by atoms with Crippen LogP contribution in [0, 0.1) is 5.92 Å². The average molecular weight is 384 g/mol. The van der Waals surface area contributed by atoms with Gasteiger partial charge in [0.15, 0.2) is 5.69 Å². The molecule has 6 heteroatoms. The van der Waals surface area contributed by atoms with Crippen molar-refractivity contribution in [2.45, 2.75) is 58.5 Å². The van der Waals surface area contributed by atoms with E-state index in [1.165, 1.54) is 11.3 Å². The van der Waals surface area contributed by atoms with E-state index >= 15 is 0 Å². The second-order valence-electron chi connectivity index (χ2n) is 8.40. The first-order chi connectivity index (χ1) is 13.5. The van der Waals surface area contributed by atoms with Crippen molar-refractivity contribution < 1.29 is 4.79 Å². The summed E-state index contributed by atoms with van der Waals surface area (Å²) in [7, 11) is 3.60. The maximum atomic E-state index is 12.7.